The molecular formula is C27H37N3O4S. The lowest BCUT2D eigenvalue weighted by molar-refractivity contribution is -0.151. The Bertz CT molecular complexity index is 1100. The Morgan fingerprint density at radius 1 is 1.23 bits per heavy atom. The van der Waals surface area contributed by atoms with Crippen molar-refractivity contribution in [3.63, 3.8) is 0 Å². The van der Waals surface area contributed by atoms with Crippen molar-refractivity contribution in [3.05, 3.63) is 57.0 Å². The monoisotopic (exact) mass is 499 g/mol. The zero-order valence-electron chi connectivity index (χ0n) is 21.3. The highest BCUT2D eigenvalue weighted by atomic mass is 32.2. The average molecular weight is 500 g/mol. The molecule has 0 spiro atoms. The fraction of sp³-hybridized carbons (Fsp3) is 0.556. The van der Waals surface area contributed by atoms with Gasteiger partial charge in [0.2, 0.25) is 5.91 Å². The summed E-state index contributed by atoms with van der Waals surface area (Å²) in [4.78, 5) is 44.1. The number of aryl methyl sites for hydroxylation is 2. The van der Waals surface area contributed by atoms with Crippen LogP contribution >= 0.6 is 11.8 Å². The van der Waals surface area contributed by atoms with Crippen LogP contribution in [0.3, 0.4) is 0 Å². The fourth-order valence-electron chi connectivity index (χ4n) is 4.44. The molecule has 0 aliphatic carbocycles. The maximum atomic E-state index is 13.0. The van der Waals surface area contributed by atoms with E-state index in [2.05, 4.69) is 6.07 Å². The van der Waals surface area contributed by atoms with Gasteiger partial charge >= 0.3 is 5.97 Å². The van der Waals surface area contributed by atoms with Crippen molar-refractivity contribution < 1.29 is 14.3 Å². The van der Waals surface area contributed by atoms with Crippen LogP contribution in [0.4, 0.5) is 0 Å². The van der Waals surface area contributed by atoms with E-state index in [1.54, 1.807) is 35.2 Å². The molecule has 8 heteroatoms. The van der Waals surface area contributed by atoms with E-state index in [0.29, 0.717) is 37.7 Å². The smallest absolute Gasteiger partial charge is 0.310 e. The Hall–Kier alpha value is -2.61. The summed E-state index contributed by atoms with van der Waals surface area (Å²) in [6, 6.07) is 8.20. The van der Waals surface area contributed by atoms with Crippen LogP contribution in [0.25, 0.3) is 0 Å². The zero-order chi connectivity index (χ0) is 25.4. The van der Waals surface area contributed by atoms with Gasteiger partial charge in [0.25, 0.3) is 5.56 Å². The predicted molar refractivity (Wildman–Crippen MR) is 139 cm³/mol. The quantitative estimate of drug-likeness (QED) is 0.212. The number of nitrogens with zero attached hydrogens (tertiary/aromatic N) is 3. The number of carbonyl (C=O) groups excluding carboxylic acids is 2. The Morgan fingerprint density at radius 2 is 2.03 bits per heavy atom. The van der Waals surface area contributed by atoms with E-state index in [0.717, 1.165) is 48.3 Å². The fourth-order valence-corrected chi connectivity index (χ4v) is 5.45. The summed E-state index contributed by atoms with van der Waals surface area (Å²) in [5.41, 5.74) is 3.79. The lowest BCUT2D eigenvalue weighted by Gasteiger charge is -2.31. The second-order valence-electron chi connectivity index (χ2n) is 9.22. The Balaban J connectivity index is 1.47. The van der Waals surface area contributed by atoms with E-state index < -0.39 is 0 Å². The molecule has 1 saturated heterocycles. The van der Waals surface area contributed by atoms with E-state index in [1.807, 2.05) is 32.0 Å². The van der Waals surface area contributed by atoms with Crippen molar-refractivity contribution >= 4 is 23.6 Å². The van der Waals surface area contributed by atoms with Gasteiger partial charge in [0.15, 0.2) is 5.16 Å². The first-order valence-corrected chi connectivity index (χ1v) is 13.5. The number of esters is 1. The Labute approximate surface area is 212 Å². The van der Waals surface area contributed by atoms with Gasteiger partial charge in [0, 0.05) is 50.0 Å². The number of unbranched alkanes of at least 4 members (excludes halogenated alkanes) is 1. The third-order valence-corrected chi connectivity index (χ3v) is 7.54. The molecule has 35 heavy (non-hydrogen) atoms. The summed E-state index contributed by atoms with van der Waals surface area (Å²) in [6.07, 6.45) is 4.29. The first-order chi connectivity index (χ1) is 16.8. The topological polar surface area (TPSA) is 81.5 Å². The van der Waals surface area contributed by atoms with Crippen LogP contribution in [0.2, 0.25) is 0 Å². The second kappa shape index (κ2) is 12.9. The number of piperidine rings is 1. The van der Waals surface area contributed by atoms with Crippen LogP contribution in [0, 0.1) is 19.8 Å². The van der Waals surface area contributed by atoms with Crippen molar-refractivity contribution in [3.8, 4) is 0 Å². The SMILES string of the molecule is CCOC(=O)C1CCCN(C(=O)CCCCSc2nc(C)c(Cc3cccc(C)c3)c(=O)n2C)C1. The molecule has 1 aliphatic rings. The van der Waals surface area contributed by atoms with E-state index in [9.17, 15) is 14.4 Å². The van der Waals surface area contributed by atoms with Crippen LogP contribution in [0.5, 0.6) is 0 Å². The highest BCUT2D eigenvalue weighted by Crippen LogP contribution is 2.21. The van der Waals surface area contributed by atoms with E-state index in [-0.39, 0.29) is 23.4 Å². The van der Waals surface area contributed by atoms with Gasteiger partial charge < -0.3 is 9.64 Å². The van der Waals surface area contributed by atoms with Crippen LogP contribution in [-0.4, -0.2) is 51.8 Å². The maximum Gasteiger partial charge on any atom is 0.310 e. The minimum absolute atomic E-state index is 0.00191. The van der Waals surface area contributed by atoms with Crippen LogP contribution < -0.4 is 5.56 Å². The lowest BCUT2D eigenvalue weighted by atomic mass is 9.98. The number of likely N-dealkylation sites (tertiary alicyclic amines) is 1. The van der Waals surface area contributed by atoms with Crippen molar-refractivity contribution in [1.82, 2.24) is 14.5 Å². The van der Waals surface area contributed by atoms with Gasteiger partial charge in [0.05, 0.1) is 12.5 Å². The lowest BCUT2D eigenvalue weighted by Crippen LogP contribution is -2.42. The van der Waals surface area contributed by atoms with Crippen LogP contribution in [0.15, 0.2) is 34.2 Å². The third-order valence-electron chi connectivity index (χ3n) is 6.42. The van der Waals surface area contributed by atoms with Gasteiger partial charge in [-0.2, -0.15) is 0 Å². The second-order valence-corrected chi connectivity index (χ2v) is 10.3. The van der Waals surface area contributed by atoms with Crippen LogP contribution in [-0.2, 0) is 27.8 Å². The molecule has 3 rings (SSSR count). The summed E-state index contributed by atoms with van der Waals surface area (Å²) >= 11 is 1.56. The van der Waals surface area contributed by atoms with Crippen molar-refractivity contribution in [2.24, 2.45) is 13.0 Å². The molecular weight excluding hydrogens is 462 g/mol. The number of aromatic nitrogens is 2. The average Bonchev–Trinajstić information content (AvgIpc) is 2.84. The molecule has 2 heterocycles. The molecule has 1 aromatic heterocycles. The Kier molecular flexibility index (Phi) is 9.95. The minimum atomic E-state index is -0.201. The molecule has 0 saturated carbocycles. The number of thioether (sulfide) groups is 1. The normalized spacial score (nSPS) is 15.8. The van der Waals surface area contributed by atoms with Gasteiger partial charge in [-0.25, -0.2) is 4.98 Å². The van der Waals surface area contributed by atoms with Gasteiger partial charge in [-0.05, 0) is 52.0 Å². The summed E-state index contributed by atoms with van der Waals surface area (Å²) < 4.78 is 6.76. The largest absolute Gasteiger partial charge is 0.466 e. The predicted octanol–water partition coefficient (Wildman–Crippen LogP) is 4.05. The highest BCUT2D eigenvalue weighted by molar-refractivity contribution is 7.99. The molecule has 1 aliphatic heterocycles. The highest BCUT2D eigenvalue weighted by Gasteiger charge is 2.29. The standard InChI is InChI=1S/C27H37N3O4S/c1-5-34-26(33)22-12-9-14-30(18-22)24(31)13-6-7-15-35-27-28-20(3)23(25(32)29(27)4)17-21-11-8-10-19(2)16-21/h8,10-11,16,22H,5-7,9,12-15,17-18H2,1-4H3. The first-order valence-electron chi connectivity index (χ1n) is 12.5. The molecule has 1 aromatic carbocycles. The van der Waals surface area contributed by atoms with Crippen LogP contribution in [0.1, 0.15) is 61.4 Å². The number of amides is 1. The summed E-state index contributed by atoms with van der Waals surface area (Å²) in [6.45, 7) is 7.30. The molecule has 190 valence electrons. The maximum absolute atomic E-state index is 13.0. The summed E-state index contributed by atoms with van der Waals surface area (Å²) in [5.74, 6) is 0.494. The first kappa shape index (κ1) is 27.0. The molecule has 0 radical (unpaired) electrons. The van der Waals surface area contributed by atoms with Gasteiger partial charge in [0.1, 0.15) is 0 Å². The van der Waals surface area contributed by atoms with E-state index in [4.69, 9.17) is 9.72 Å². The molecule has 7 nitrogen and oxygen atoms in total. The van der Waals surface area contributed by atoms with Gasteiger partial charge in [-0.3, -0.25) is 19.0 Å². The van der Waals surface area contributed by atoms with Crippen molar-refractivity contribution in [1.29, 1.82) is 0 Å². The summed E-state index contributed by atoms with van der Waals surface area (Å²) in [5, 5.41) is 0.708. The molecule has 1 unspecified atom stereocenters. The number of hydrogen-bond donors (Lipinski definition) is 0. The number of carbonyl (C=O) groups is 2. The van der Waals surface area contributed by atoms with Gasteiger partial charge in [-0.15, -0.1) is 0 Å². The van der Waals surface area contributed by atoms with Gasteiger partial charge in [-0.1, -0.05) is 41.6 Å². The molecule has 0 bridgehead atoms. The number of benzene rings is 1. The minimum Gasteiger partial charge on any atom is -0.466 e. The van der Waals surface area contributed by atoms with E-state index in [1.165, 1.54) is 5.56 Å². The van der Waals surface area contributed by atoms with Crippen molar-refractivity contribution in [2.75, 3.05) is 25.4 Å². The van der Waals surface area contributed by atoms with Crippen molar-refractivity contribution in [2.45, 2.75) is 64.5 Å². The molecule has 1 fully saturated rings. The Morgan fingerprint density at radius 3 is 2.77 bits per heavy atom. The summed E-state index contributed by atoms with van der Waals surface area (Å²) in [7, 11) is 1.77. The third kappa shape index (κ3) is 7.43. The number of hydrogen-bond acceptors (Lipinski definition) is 6. The molecule has 1 amide bonds. The van der Waals surface area contributed by atoms with E-state index >= 15 is 0 Å². The molecule has 0 N–H and O–H groups in total. The molecule has 1 atom stereocenters. The number of rotatable bonds is 10. The number of ether oxygens (including phenoxy) is 1. The zero-order valence-corrected chi connectivity index (χ0v) is 22.2. The molecule has 2 aromatic rings.